The fraction of sp³-hybridized carbons (Fsp3) is 0.455. The second-order valence-corrected chi connectivity index (χ2v) is 4.61. The molecule has 1 aromatic carbocycles. The molecular weight excluding hydrogens is 270 g/mol. The summed E-state index contributed by atoms with van der Waals surface area (Å²) >= 11 is 17.5. The van der Waals surface area contributed by atoms with Crippen LogP contribution in [0.5, 0.6) is 0 Å². The summed E-state index contributed by atoms with van der Waals surface area (Å²) in [5, 5.41) is 0.667. The lowest BCUT2D eigenvalue weighted by molar-refractivity contribution is -0.156. The Labute approximate surface area is 109 Å². The first-order valence-corrected chi connectivity index (χ1v) is 6.34. The summed E-state index contributed by atoms with van der Waals surface area (Å²) in [5.74, 6) is -0.264. The number of alkyl halides is 2. The van der Waals surface area contributed by atoms with Gasteiger partial charge in [-0.2, -0.15) is 0 Å². The van der Waals surface area contributed by atoms with Crippen LogP contribution >= 0.6 is 34.8 Å². The van der Waals surface area contributed by atoms with Gasteiger partial charge in [-0.1, -0.05) is 23.7 Å². The van der Waals surface area contributed by atoms with E-state index in [0.29, 0.717) is 17.5 Å². The van der Waals surface area contributed by atoms with Gasteiger partial charge in [-0.25, -0.2) is 0 Å². The third-order valence-corrected chi connectivity index (χ3v) is 3.44. The molecule has 0 saturated carbocycles. The van der Waals surface area contributed by atoms with Gasteiger partial charge in [0.1, 0.15) is 0 Å². The van der Waals surface area contributed by atoms with Crippen molar-refractivity contribution in [3.8, 4) is 0 Å². The highest BCUT2D eigenvalue weighted by Gasteiger charge is 2.42. The minimum Gasteiger partial charge on any atom is -0.342 e. The lowest BCUT2D eigenvalue weighted by atomic mass is 10.1. The molecule has 1 saturated heterocycles. The number of ether oxygens (including phenoxy) is 2. The van der Waals surface area contributed by atoms with Crippen LogP contribution in [0.25, 0.3) is 0 Å². The van der Waals surface area contributed by atoms with Crippen molar-refractivity contribution in [3.05, 3.63) is 34.9 Å². The highest BCUT2D eigenvalue weighted by Crippen LogP contribution is 2.36. The zero-order valence-electron chi connectivity index (χ0n) is 8.46. The Hall–Kier alpha value is 0.01000. The van der Waals surface area contributed by atoms with Crippen LogP contribution in [0.1, 0.15) is 5.56 Å². The fourth-order valence-corrected chi connectivity index (χ4v) is 2.22. The van der Waals surface area contributed by atoms with Crippen LogP contribution in [0.3, 0.4) is 0 Å². The van der Waals surface area contributed by atoms with Crippen LogP contribution < -0.4 is 0 Å². The molecular formula is C11H11Cl3O2. The van der Waals surface area contributed by atoms with Gasteiger partial charge in [0.05, 0.1) is 24.5 Å². The molecule has 0 spiro atoms. The highest BCUT2D eigenvalue weighted by molar-refractivity contribution is 6.30. The Bertz CT molecular complexity index is 355. The van der Waals surface area contributed by atoms with E-state index < -0.39 is 5.79 Å². The smallest absolute Gasteiger partial charge is 0.209 e. The van der Waals surface area contributed by atoms with Crippen molar-refractivity contribution in [2.75, 3.05) is 18.4 Å². The molecule has 1 aromatic rings. The predicted octanol–water partition coefficient (Wildman–Crippen LogP) is 3.39. The zero-order valence-corrected chi connectivity index (χ0v) is 10.7. The standard InChI is InChI=1S/C11H11Cl3O2/c12-5-10-6-15-11(7-13,16-10)8-1-3-9(14)4-2-8/h1-4,10H,5-7H2/t10-,11+/m1/s1. The van der Waals surface area contributed by atoms with E-state index in [2.05, 4.69) is 0 Å². The molecule has 0 amide bonds. The largest absolute Gasteiger partial charge is 0.342 e. The lowest BCUT2D eigenvalue weighted by Gasteiger charge is -2.26. The predicted molar refractivity (Wildman–Crippen MR) is 65.4 cm³/mol. The molecule has 0 N–H and O–H groups in total. The number of hydrogen-bond donors (Lipinski definition) is 0. The van der Waals surface area contributed by atoms with Crippen molar-refractivity contribution in [3.63, 3.8) is 0 Å². The summed E-state index contributed by atoms with van der Waals surface area (Å²) in [4.78, 5) is 0. The Morgan fingerprint density at radius 2 is 1.94 bits per heavy atom. The fourth-order valence-electron chi connectivity index (χ4n) is 1.64. The first kappa shape index (κ1) is 12.5. The minimum absolute atomic E-state index is 0.115. The van der Waals surface area contributed by atoms with Gasteiger partial charge in [-0.05, 0) is 12.1 Å². The molecule has 2 atom stereocenters. The highest BCUT2D eigenvalue weighted by atomic mass is 35.5. The van der Waals surface area contributed by atoms with Gasteiger partial charge in [0, 0.05) is 10.6 Å². The number of benzene rings is 1. The van der Waals surface area contributed by atoms with Gasteiger partial charge in [0.2, 0.25) is 5.79 Å². The molecule has 0 radical (unpaired) electrons. The maximum absolute atomic E-state index is 5.94. The van der Waals surface area contributed by atoms with E-state index in [4.69, 9.17) is 44.3 Å². The molecule has 0 aliphatic carbocycles. The SMILES string of the molecule is ClC[C@@H]1CO[C@](CCl)(c2ccc(Cl)cc2)O1. The maximum Gasteiger partial charge on any atom is 0.209 e. The van der Waals surface area contributed by atoms with Crippen LogP contribution in [-0.2, 0) is 15.3 Å². The Morgan fingerprint density at radius 3 is 2.44 bits per heavy atom. The van der Waals surface area contributed by atoms with E-state index in [-0.39, 0.29) is 12.0 Å². The molecule has 88 valence electrons. The van der Waals surface area contributed by atoms with E-state index in [1.54, 1.807) is 12.1 Å². The van der Waals surface area contributed by atoms with Crippen LogP contribution in [0.15, 0.2) is 24.3 Å². The summed E-state index contributed by atoms with van der Waals surface area (Å²) in [6, 6.07) is 7.26. The molecule has 0 bridgehead atoms. The third kappa shape index (κ3) is 2.31. The van der Waals surface area contributed by atoms with Gasteiger partial charge in [0.25, 0.3) is 0 Å². The second kappa shape index (κ2) is 5.11. The van der Waals surface area contributed by atoms with Gasteiger partial charge in [-0.15, -0.1) is 23.2 Å². The quantitative estimate of drug-likeness (QED) is 0.791. The normalized spacial score (nSPS) is 29.6. The van der Waals surface area contributed by atoms with Crippen molar-refractivity contribution in [1.29, 1.82) is 0 Å². The van der Waals surface area contributed by atoms with Crippen molar-refractivity contribution < 1.29 is 9.47 Å². The van der Waals surface area contributed by atoms with Gasteiger partial charge in [0.15, 0.2) is 0 Å². The Balaban J connectivity index is 2.25. The lowest BCUT2D eigenvalue weighted by Crippen LogP contribution is -2.30. The number of hydrogen-bond acceptors (Lipinski definition) is 2. The zero-order chi connectivity index (χ0) is 11.6. The van der Waals surface area contributed by atoms with Gasteiger partial charge < -0.3 is 9.47 Å². The number of halogens is 3. The monoisotopic (exact) mass is 280 g/mol. The van der Waals surface area contributed by atoms with Crippen LogP contribution in [-0.4, -0.2) is 24.5 Å². The molecule has 16 heavy (non-hydrogen) atoms. The average Bonchev–Trinajstić information content (AvgIpc) is 2.75. The van der Waals surface area contributed by atoms with E-state index in [9.17, 15) is 0 Å². The molecule has 5 heteroatoms. The van der Waals surface area contributed by atoms with Crippen molar-refractivity contribution in [1.82, 2.24) is 0 Å². The summed E-state index contributed by atoms with van der Waals surface area (Å²) in [5.41, 5.74) is 0.861. The first-order chi connectivity index (χ1) is 7.70. The second-order valence-electron chi connectivity index (χ2n) is 3.60. The van der Waals surface area contributed by atoms with E-state index in [1.165, 1.54) is 0 Å². The van der Waals surface area contributed by atoms with Crippen molar-refractivity contribution in [2.24, 2.45) is 0 Å². The summed E-state index contributed by atoms with van der Waals surface area (Å²) in [6.07, 6.45) is -0.115. The summed E-state index contributed by atoms with van der Waals surface area (Å²) < 4.78 is 11.4. The molecule has 0 unspecified atom stereocenters. The molecule has 0 aromatic heterocycles. The van der Waals surface area contributed by atoms with E-state index in [1.807, 2.05) is 12.1 Å². The summed E-state index contributed by atoms with van der Waals surface area (Å²) in [7, 11) is 0. The Morgan fingerprint density at radius 1 is 1.25 bits per heavy atom. The van der Waals surface area contributed by atoms with E-state index >= 15 is 0 Å². The average molecular weight is 282 g/mol. The maximum atomic E-state index is 5.94. The summed E-state index contributed by atoms with van der Waals surface area (Å²) in [6.45, 7) is 0.457. The van der Waals surface area contributed by atoms with Crippen LogP contribution in [0, 0.1) is 0 Å². The topological polar surface area (TPSA) is 18.5 Å². The molecule has 1 fully saturated rings. The van der Waals surface area contributed by atoms with Crippen LogP contribution in [0.4, 0.5) is 0 Å². The first-order valence-electron chi connectivity index (χ1n) is 4.90. The Kier molecular flexibility index (Phi) is 3.98. The molecule has 2 rings (SSSR count). The van der Waals surface area contributed by atoms with Crippen molar-refractivity contribution in [2.45, 2.75) is 11.9 Å². The molecule has 2 nitrogen and oxygen atoms in total. The third-order valence-electron chi connectivity index (χ3n) is 2.49. The molecule has 1 aliphatic rings. The van der Waals surface area contributed by atoms with E-state index in [0.717, 1.165) is 5.56 Å². The van der Waals surface area contributed by atoms with Crippen LogP contribution in [0.2, 0.25) is 5.02 Å². The molecule has 1 heterocycles. The number of rotatable bonds is 3. The van der Waals surface area contributed by atoms with Crippen molar-refractivity contribution >= 4 is 34.8 Å². The minimum atomic E-state index is -0.883. The molecule has 1 aliphatic heterocycles. The van der Waals surface area contributed by atoms with Gasteiger partial charge in [-0.3, -0.25) is 0 Å². The van der Waals surface area contributed by atoms with Gasteiger partial charge >= 0.3 is 0 Å².